The van der Waals surface area contributed by atoms with Crippen molar-refractivity contribution in [2.45, 2.75) is 19.3 Å². The largest absolute Gasteiger partial charge is 0.506 e. The molecule has 1 aliphatic carbocycles. The molecular weight excluding hydrogens is 296 g/mol. The van der Waals surface area contributed by atoms with Crippen molar-refractivity contribution < 1.29 is 15.0 Å². The van der Waals surface area contributed by atoms with Crippen molar-refractivity contribution in [1.82, 2.24) is 9.97 Å². The van der Waals surface area contributed by atoms with E-state index >= 15 is 0 Å². The predicted octanol–water partition coefficient (Wildman–Crippen LogP) is 2.42. The third-order valence-electron chi connectivity index (χ3n) is 4.46. The number of hydrogen-bond donors (Lipinski definition) is 4. The molecule has 0 amide bonds. The molecule has 116 valence electrons. The molecule has 4 rings (SSSR count). The van der Waals surface area contributed by atoms with E-state index in [2.05, 4.69) is 9.97 Å². The van der Waals surface area contributed by atoms with E-state index in [0.717, 1.165) is 34.9 Å². The molecule has 3 aromatic rings. The number of aryl methyl sites for hydroxylation is 1. The number of benzene rings is 1. The second kappa shape index (κ2) is 4.74. The molecule has 4 N–H and O–H groups in total. The lowest BCUT2D eigenvalue weighted by Crippen LogP contribution is -2.20. The first-order chi connectivity index (χ1) is 11.1. The Morgan fingerprint density at radius 2 is 1.91 bits per heavy atom. The van der Waals surface area contributed by atoms with Crippen LogP contribution in [0.25, 0.3) is 22.2 Å². The molecule has 2 heterocycles. The topological polar surface area (TPSA) is 106 Å². The van der Waals surface area contributed by atoms with Crippen molar-refractivity contribution >= 4 is 16.9 Å². The molecule has 0 bridgehead atoms. The van der Waals surface area contributed by atoms with Crippen LogP contribution in [0.15, 0.2) is 29.2 Å². The number of fused-ring (bicyclic) bond motifs is 5. The SMILES string of the molecule is O=C(O)c1c(O)c2c([nH]c1=O)-c1ccc3cc[nH]c3c1CCC2. The summed E-state index contributed by atoms with van der Waals surface area (Å²) in [6.45, 7) is 0. The maximum absolute atomic E-state index is 12.1. The lowest BCUT2D eigenvalue weighted by molar-refractivity contribution is 0.0691. The lowest BCUT2D eigenvalue weighted by atomic mass is 9.98. The molecule has 23 heavy (non-hydrogen) atoms. The van der Waals surface area contributed by atoms with Gasteiger partial charge in [0.2, 0.25) is 0 Å². The lowest BCUT2D eigenvalue weighted by Gasteiger charge is -2.12. The van der Waals surface area contributed by atoms with E-state index < -0.39 is 22.8 Å². The first-order valence-corrected chi connectivity index (χ1v) is 7.38. The Hall–Kier alpha value is -3.02. The van der Waals surface area contributed by atoms with Gasteiger partial charge in [-0.05, 0) is 36.3 Å². The van der Waals surface area contributed by atoms with Gasteiger partial charge in [-0.15, -0.1) is 0 Å². The molecule has 0 spiro atoms. The van der Waals surface area contributed by atoms with Gasteiger partial charge in [0.25, 0.3) is 5.56 Å². The maximum atomic E-state index is 12.1. The molecule has 0 atom stereocenters. The summed E-state index contributed by atoms with van der Waals surface area (Å²) < 4.78 is 0. The average Bonchev–Trinajstić information content (AvgIpc) is 2.90. The van der Waals surface area contributed by atoms with Crippen LogP contribution in [0.4, 0.5) is 0 Å². The second-order valence-corrected chi connectivity index (χ2v) is 5.72. The normalized spacial score (nSPS) is 13.4. The number of carboxylic acid groups (broad SMARTS) is 1. The Kier molecular flexibility index (Phi) is 2.81. The van der Waals surface area contributed by atoms with Crippen LogP contribution in [0.2, 0.25) is 0 Å². The molecule has 0 fully saturated rings. The molecule has 0 saturated heterocycles. The Labute approximate surface area is 130 Å². The van der Waals surface area contributed by atoms with Gasteiger partial charge in [-0.3, -0.25) is 4.79 Å². The minimum Gasteiger partial charge on any atom is -0.506 e. The molecule has 0 aliphatic heterocycles. The molecule has 6 heteroatoms. The van der Waals surface area contributed by atoms with E-state index in [-0.39, 0.29) is 0 Å². The van der Waals surface area contributed by atoms with Gasteiger partial charge in [-0.2, -0.15) is 0 Å². The molecule has 6 nitrogen and oxygen atoms in total. The van der Waals surface area contributed by atoms with Gasteiger partial charge in [-0.25, -0.2) is 4.79 Å². The van der Waals surface area contributed by atoms with E-state index in [1.54, 1.807) is 0 Å². The molecule has 1 aromatic carbocycles. The minimum atomic E-state index is -1.42. The Balaban J connectivity index is 2.09. The number of hydrogen-bond acceptors (Lipinski definition) is 3. The highest BCUT2D eigenvalue weighted by atomic mass is 16.4. The summed E-state index contributed by atoms with van der Waals surface area (Å²) in [7, 11) is 0. The number of nitrogens with one attached hydrogen (secondary N) is 2. The van der Waals surface area contributed by atoms with Crippen LogP contribution in [0.3, 0.4) is 0 Å². The summed E-state index contributed by atoms with van der Waals surface area (Å²) in [5.74, 6) is -1.84. The number of carboxylic acids is 1. The molecule has 0 radical (unpaired) electrons. The second-order valence-electron chi connectivity index (χ2n) is 5.72. The van der Waals surface area contributed by atoms with Crippen molar-refractivity contribution in [2.24, 2.45) is 0 Å². The van der Waals surface area contributed by atoms with Gasteiger partial charge in [0.05, 0.1) is 5.69 Å². The van der Waals surface area contributed by atoms with Crippen LogP contribution in [0.1, 0.15) is 27.9 Å². The highest BCUT2D eigenvalue weighted by molar-refractivity contribution is 5.94. The van der Waals surface area contributed by atoms with E-state index in [4.69, 9.17) is 5.11 Å². The molecule has 0 unspecified atom stereocenters. The Bertz CT molecular complexity index is 1010. The first-order valence-electron chi connectivity index (χ1n) is 7.38. The zero-order valence-electron chi connectivity index (χ0n) is 12.1. The summed E-state index contributed by atoms with van der Waals surface area (Å²) in [6, 6.07) is 5.83. The van der Waals surface area contributed by atoms with Crippen LogP contribution < -0.4 is 5.56 Å². The monoisotopic (exact) mass is 310 g/mol. The van der Waals surface area contributed by atoms with Crippen LogP contribution >= 0.6 is 0 Å². The maximum Gasteiger partial charge on any atom is 0.345 e. The standard InChI is InChI=1S/C17H14N2O4/c20-15-11-3-1-2-9-10(5-4-8-6-7-18-13(8)9)14(11)19-16(21)12(15)17(22)23/h4-7,18H,1-3H2,(H,22,23)(H2,19,20,21). The van der Waals surface area contributed by atoms with Crippen LogP contribution in [0.5, 0.6) is 5.75 Å². The number of carbonyl (C=O) groups is 1. The number of H-pyrrole nitrogens is 2. The van der Waals surface area contributed by atoms with E-state index in [1.165, 1.54) is 0 Å². The van der Waals surface area contributed by atoms with E-state index in [0.29, 0.717) is 17.7 Å². The van der Waals surface area contributed by atoms with Gasteiger partial charge in [0.1, 0.15) is 5.75 Å². The molecule has 1 aliphatic rings. The summed E-state index contributed by atoms with van der Waals surface area (Å²) >= 11 is 0. The molecule has 2 aromatic heterocycles. The van der Waals surface area contributed by atoms with Gasteiger partial charge in [-0.1, -0.05) is 12.1 Å². The summed E-state index contributed by atoms with van der Waals surface area (Å²) in [4.78, 5) is 29.2. The quantitative estimate of drug-likeness (QED) is 0.553. The van der Waals surface area contributed by atoms with Crippen LogP contribution in [-0.2, 0) is 12.8 Å². The van der Waals surface area contributed by atoms with E-state index in [1.807, 2.05) is 24.4 Å². The van der Waals surface area contributed by atoms with Gasteiger partial charge < -0.3 is 20.2 Å². The molecular formula is C17H14N2O4. The van der Waals surface area contributed by atoms with Gasteiger partial charge >= 0.3 is 5.97 Å². The zero-order valence-corrected chi connectivity index (χ0v) is 12.1. The van der Waals surface area contributed by atoms with Crippen molar-refractivity contribution in [3.63, 3.8) is 0 Å². The smallest absolute Gasteiger partial charge is 0.345 e. The summed E-state index contributed by atoms with van der Waals surface area (Å²) in [6.07, 6.45) is 3.92. The summed E-state index contributed by atoms with van der Waals surface area (Å²) in [5, 5.41) is 20.5. The number of aromatic amines is 2. The number of aromatic hydroxyl groups is 1. The third-order valence-corrected chi connectivity index (χ3v) is 4.46. The van der Waals surface area contributed by atoms with Crippen LogP contribution in [0, 0.1) is 0 Å². The third kappa shape index (κ3) is 1.88. The Morgan fingerprint density at radius 3 is 2.70 bits per heavy atom. The number of pyridine rings is 1. The Morgan fingerprint density at radius 1 is 1.13 bits per heavy atom. The highest BCUT2D eigenvalue weighted by Crippen LogP contribution is 2.38. The van der Waals surface area contributed by atoms with Gasteiger partial charge in [0, 0.05) is 22.8 Å². The summed E-state index contributed by atoms with van der Waals surface area (Å²) in [5.41, 5.74) is 2.55. The fourth-order valence-corrected chi connectivity index (χ4v) is 3.43. The number of rotatable bonds is 1. The minimum absolute atomic E-state index is 0.421. The van der Waals surface area contributed by atoms with Crippen molar-refractivity contribution in [3.05, 3.63) is 51.4 Å². The number of aromatic nitrogens is 2. The zero-order chi connectivity index (χ0) is 16.1. The molecule has 0 saturated carbocycles. The van der Waals surface area contributed by atoms with Crippen molar-refractivity contribution in [3.8, 4) is 17.0 Å². The predicted molar refractivity (Wildman–Crippen MR) is 85.0 cm³/mol. The van der Waals surface area contributed by atoms with Crippen LogP contribution in [-0.4, -0.2) is 26.2 Å². The van der Waals surface area contributed by atoms with Crippen molar-refractivity contribution in [1.29, 1.82) is 0 Å². The average molecular weight is 310 g/mol. The van der Waals surface area contributed by atoms with E-state index in [9.17, 15) is 14.7 Å². The van der Waals surface area contributed by atoms with Gasteiger partial charge in [0.15, 0.2) is 5.56 Å². The highest BCUT2D eigenvalue weighted by Gasteiger charge is 2.26. The fraction of sp³-hybridized carbons (Fsp3) is 0.176. The first kappa shape index (κ1) is 13.6. The van der Waals surface area contributed by atoms with Crippen molar-refractivity contribution in [2.75, 3.05) is 0 Å². The fourth-order valence-electron chi connectivity index (χ4n) is 3.43. The number of aromatic carboxylic acids is 1.